The molecule has 21 heavy (non-hydrogen) atoms. The first-order valence-electron chi connectivity index (χ1n) is 7.68. The van der Waals surface area contributed by atoms with Gasteiger partial charge in [-0.2, -0.15) is 0 Å². The fraction of sp³-hybridized carbons (Fsp3) is 0.389. The smallest absolute Gasteiger partial charge is 0.137 e. The fourth-order valence-electron chi connectivity index (χ4n) is 2.46. The zero-order valence-corrected chi connectivity index (χ0v) is 12.9. The van der Waals surface area contributed by atoms with Gasteiger partial charge in [-0.15, -0.1) is 0 Å². The van der Waals surface area contributed by atoms with Crippen LogP contribution in [0.2, 0.25) is 0 Å². The molecule has 2 rings (SSSR count). The summed E-state index contributed by atoms with van der Waals surface area (Å²) in [6, 6.07) is 13.0. The van der Waals surface area contributed by atoms with Crippen molar-refractivity contribution in [3.05, 3.63) is 59.9 Å². The van der Waals surface area contributed by atoms with E-state index in [0.717, 1.165) is 25.1 Å². The van der Waals surface area contributed by atoms with Crippen molar-refractivity contribution in [2.45, 2.75) is 32.7 Å². The molecule has 1 N–H and O–H groups in total. The molecule has 0 spiro atoms. The number of aryl methyl sites for hydroxylation is 1. The number of pyridine rings is 1. The average Bonchev–Trinajstić information content (AvgIpc) is 2.53. The van der Waals surface area contributed by atoms with Gasteiger partial charge in [0.05, 0.1) is 12.8 Å². The third kappa shape index (κ3) is 4.87. The van der Waals surface area contributed by atoms with Gasteiger partial charge in [0.1, 0.15) is 5.75 Å². The molecule has 0 bridgehead atoms. The molecule has 1 unspecified atom stereocenters. The molecule has 2 aromatic rings. The molecule has 0 aliphatic carbocycles. The lowest BCUT2D eigenvalue weighted by atomic mass is 10.00. The zero-order valence-electron chi connectivity index (χ0n) is 12.9. The third-order valence-corrected chi connectivity index (χ3v) is 3.46. The number of hydrogen-bond donors (Lipinski definition) is 1. The van der Waals surface area contributed by atoms with Crippen LogP contribution in [0.25, 0.3) is 0 Å². The Kier molecular flexibility index (Phi) is 6.22. The highest BCUT2D eigenvalue weighted by molar-refractivity contribution is 5.26. The van der Waals surface area contributed by atoms with E-state index < -0.39 is 0 Å². The van der Waals surface area contributed by atoms with Crippen LogP contribution in [0.15, 0.2) is 48.8 Å². The SMILES string of the molecule is CCNC(CCc1ccccc1)c1cncc(OCC)c1. The second-order valence-electron chi connectivity index (χ2n) is 5.02. The van der Waals surface area contributed by atoms with Crippen LogP contribution in [0.3, 0.4) is 0 Å². The van der Waals surface area contributed by atoms with Crippen molar-refractivity contribution in [1.29, 1.82) is 0 Å². The number of nitrogens with zero attached hydrogens (tertiary/aromatic N) is 1. The first-order valence-corrected chi connectivity index (χ1v) is 7.68. The van der Waals surface area contributed by atoms with Gasteiger partial charge < -0.3 is 10.1 Å². The Morgan fingerprint density at radius 3 is 2.67 bits per heavy atom. The van der Waals surface area contributed by atoms with E-state index in [0.29, 0.717) is 12.6 Å². The number of hydrogen-bond acceptors (Lipinski definition) is 3. The first-order chi connectivity index (χ1) is 10.3. The highest BCUT2D eigenvalue weighted by atomic mass is 16.5. The number of aromatic nitrogens is 1. The molecule has 0 fully saturated rings. The molecular formula is C18H24N2O. The largest absolute Gasteiger partial charge is 0.492 e. The van der Waals surface area contributed by atoms with Crippen LogP contribution < -0.4 is 10.1 Å². The highest BCUT2D eigenvalue weighted by Gasteiger charge is 2.11. The van der Waals surface area contributed by atoms with Crippen LogP contribution in [0.5, 0.6) is 5.75 Å². The number of ether oxygens (including phenoxy) is 1. The number of nitrogens with one attached hydrogen (secondary N) is 1. The molecule has 0 saturated carbocycles. The fourth-order valence-corrected chi connectivity index (χ4v) is 2.46. The van der Waals surface area contributed by atoms with Crippen molar-refractivity contribution in [1.82, 2.24) is 10.3 Å². The zero-order chi connectivity index (χ0) is 14.9. The topological polar surface area (TPSA) is 34.2 Å². The normalized spacial score (nSPS) is 12.1. The summed E-state index contributed by atoms with van der Waals surface area (Å²) in [4.78, 5) is 4.30. The summed E-state index contributed by atoms with van der Waals surface area (Å²) in [5.74, 6) is 0.845. The Balaban J connectivity index is 2.05. The van der Waals surface area contributed by atoms with Crippen LogP contribution >= 0.6 is 0 Å². The Labute approximate surface area is 127 Å². The maximum atomic E-state index is 5.55. The summed E-state index contributed by atoms with van der Waals surface area (Å²) in [6.07, 6.45) is 5.81. The second kappa shape index (κ2) is 8.42. The lowest BCUT2D eigenvalue weighted by molar-refractivity contribution is 0.337. The van der Waals surface area contributed by atoms with Gasteiger partial charge in [-0.1, -0.05) is 37.3 Å². The molecule has 1 atom stereocenters. The van der Waals surface area contributed by atoms with Crippen molar-refractivity contribution >= 4 is 0 Å². The van der Waals surface area contributed by atoms with Crippen LogP contribution in [-0.4, -0.2) is 18.1 Å². The van der Waals surface area contributed by atoms with E-state index in [2.05, 4.69) is 53.6 Å². The molecule has 0 aliphatic heterocycles. The van der Waals surface area contributed by atoms with Gasteiger partial charge in [-0.25, -0.2) is 0 Å². The molecule has 0 radical (unpaired) electrons. The maximum Gasteiger partial charge on any atom is 0.137 e. The minimum atomic E-state index is 0.308. The van der Waals surface area contributed by atoms with E-state index >= 15 is 0 Å². The van der Waals surface area contributed by atoms with Gasteiger partial charge in [0.25, 0.3) is 0 Å². The molecule has 1 aromatic carbocycles. The molecule has 0 amide bonds. The summed E-state index contributed by atoms with van der Waals surface area (Å²) in [5, 5.41) is 3.54. The van der Waals surface area contributed by atoms with E-state index in [1.807, 2.05) is 13.1 Å². The van der Waals surface area contributed by atoms with E-state index in [1.54, 1.807) is 6.20 Å². The van der Waals surface area contributed by atoms with E-state index in [1.165, 1.54) is 11.1 Å². The monoisotopic (exact) mass is 284 g/mol. The molecular weight excluding hydrogens is 260 g/mol. The van der Waals surface area contributed by atoms with Crippen LogP contribution in [0.1, 0.15) is 37.4 Å². The van der Waals surface area contributed by atoms with Crippen LogP contribution in [-0.2, 0) is 6.42 Å². The molecule has 0 aliphatic rings. The standard InChI is InChI=1S/C18H24N2O/c1-3-20-18(11-10-15-8-6-5-7-9-15)16-12-17(21-4-2)14-19-13-16/h5-9,12-14,18,20H,3-4,10-11H2,1-2H3. The van der Waals surface area contributed by atoms with Gasteiger partial charge in [-0.3, -0.25) is 4.98 Å². The summed E-state index contributed by atoms with van der Waals surface area (Å²) in [6.45, 7) is 5.73. The lowest BCUT2D eigenvalue weighted by Crippen LogP contribution is -2.21. The van der Waals surface area contributed by atoms with Gasteiger partial charge in [0, 0.05) is 12.2 Å². The maximum absolute atomic E-state index is 5.55. The quantitative estimate of drug-likeness (QED) is 0.801. The van der Waals surface area contributed by atoms with E-state index in [-0.39, 0.29) is 0 Å². The minimum absolute atomic E-state index is 0.308. The lowest BCUT2D eigenvalue weighted by Gasteiger charge is -2.18. The Hall–Kier alpha value is -1.87. The Morgan fingerprint density at radius 2 is 1.95 bits per heavy atom. The predicted octanol–water partition coefficient (Wildman–Crippen LogP) is 3.76. The molecule has 0 saturated heterocycles. The van der Waals surface area contributed by atoms with Crippen molar-refractivity contribution in [2.75, 3.05) is 13.2 Å². The number of rotatable bonds is 8. The molecule has 3 nitrogen and oxygen atoms in total. The van der Waals surface area contributed by atoms with E-state index in [4.69, 9.17) is 4.74 Å². The summed E-state index contributed by atoms with van der Waals surface area (Å²) >= 11 is 0. The van der Waals surface area contributed by atoms with Crippen molar-refractivity contribution in [3.8, 4) is 5.75 Å². The molecule has 1 aromatic heterocycles. The molecule has 1 heterocycles. The average molecular weight is 284 g/mol. The molecule has 112 valence electrons. The summed E-state index contributed by atoms with van der Waals surface area (Å²) < 4.78 is 5.55. The van der Waals surface area contributed by atoms with E-state index in [9.17, 15) is 0 Å². The summed E-state index contributed by atoms with van der Waals surface area (Å²) in [7, 11) is 0. The van der Waals surface area contributed by atoms with Gasteiger partial charge in [0.2, 0.25) is 0 Å². The van der Waals surface area contributed by atoms with Crippen LogP contribution in [0, 0.1) is 0 Å². The highest BCUT2D eigenvalue weighted by Crippen LogP contribution is 2.22. The summed E-state index contributed by atoms with van der Waals surface area (Å²) in [5.41, 5.74) is 2.56. The van der Waals surface area contributed by atoms with Gasteiger partial charge >= 0.3 is 0 Å². The van der Waals surface area contributed by atoms with Gasteiger partial charge in [0.15, 0.2) is 0 Å². The van der Waals surface area contributed by atoms with Crippen LogP contribution in [0.4, 0.5) is 0 Å². The van der Waals surface area contributed by atoms with Crippen molar-refractivity contribution in [3.63, 3.8) is 0 Å². The minimum Gasteiger partial charge on any atom is -0.492 e. The predicted molar refractivity (Wildman–Crippen MR) is 86.6 cm³/mol. The first kappa shape index (κ1) is 15.5. The number of benzene rings is 1. The van der Waals surface area contributed by atoms with Crippen molar-refractivity contribution < 1.29 is 4.74 Å². The second-order valence-corrected chi connectivity index (χ2v) is 5.02. The molecule has 3 heteroatoms. The third-order valence-electron chi connectivity index (χ3n) is 3.46. The van der Waals surface area contributed by atoms with Gasteiger partial charge in [-0.05, 0) is 43.5 Å². The Bertz CT molecular complexity index is 528. The van der Waals surface area contributed by atoms with Crippen molar-refractivity contribution in [2.24, 2.45) is 0 Å². The Morgan fingerprint density at radius 1 is 1.14 bits per heavy atom.